The molecule has 1 fully saturated rings. The highest BCUT2D eigenvalue weighted by molar-refractivity contribution is 7.17. The van der Waals surface area contributed by atoms with Crippen molar-refractivity contribution in [1.82, 2.24) is 14.9 Å². The van der Waals surface area contributed by atoms with Crippen molar-refractivity contribution < 1.29 is 14.3 Å². The quantitative estimate of drug-likeness (QED) is 0.560. The van der Waals surface area contributed by atoms with E-state index >= 15 is 0 Å². The van der Waals surface area contributed by atoms with Gasteiger partial charge in [-0.2, -0.15) is 0 Å². The standard InChI is InChI=1S/C24H26N6O3S/c1-3-33-23(31)20-21(27-22(34-20)16-6-8-25-9-7-16)30-15-17-14-18(4-5-19(17)26-24(30)32)29-12-10-28(2)11-13-29/h4-9,14H,3,10-13,15H2,1-2H3,(H,26,32). The van der Waals surface area contributed by atoms with Crippen LogP contribution >= 0.6 is 11.3 Å². The van der Waals surface area contributed by atoms with E-state index in [-0.39, 0.29) is 12.6 Å². The Morgan fingerprint density at radius 1 is 1.15 bits per heavy atom. The predicted octanol–water partition coefficient (Wildman–Crippen LogP) is 3.69. The number of thiazole rings is 1. The summed E-state index contributed by atoms with van der Waals surface area (Å²) in [5.41, 5.74) is 3.71. The first kappa shape index (κ1) is 22.3. The number of amides is 2. The normalized spacial score (nSPS) is 16.2. The van der Waals surface area contributed by atoms with Gasteiger partial charge in [0.05, 0.1) is 13.2 Å². The minimum atomic E-state index is -0.486. The number of benzene rings is 1. The van der Waals surface area contributed by atoms with Crippen LogP contribution in [0.4, 0.5) is 22.0 Å². The number of carbonyl (C=O) groups is 2. The van der Waals surface area contributed by atoms with Gasteiger partial charge in [0.1, 0.15) is 5.01 Å². The Bertz CT molecular complexity index is 1210. The summed E-state index contributed by atoms with van der Waals surface area (Å²) in [6.45, 7) is 6.25. The maximum absolute atomic E-state index is 13.1. The number of pyridine rings is 1. The molecule has 0 aliphatic carbocycles. The third kappa shape index (κ3) is 4.34. The van der Waals surface area contributed by atoms with E-state index in [1.807, 2.05) is 18.2 Å². The summed E-state index contributed by atoms with van der Waals surface area (Å²) in [6.07, 6.45) is 3.34. The Balaban J connectivity index is 1.48. The van der Waals surface area contributed by atoms with Crippen molar-refractivity contribution in [3.63, 3.8) is 0 Å². The second-order valence-electron chi connectivity index (χ2n) is 8.28. The molecule has 9 nitrogen and oxygen atoms in total. The molecule has 34 heavy (non-hydrogen) atoms. The molecule has 176 valence electrons. The van der Waals surface area contributed by atoms with Crippen LogP contribution in [-0.4, -0.2) is 66.7 Å². The molecule has 0 atom stereocenters. The van der Waals surface area contributed by atoms with Crippen molar-refractivity contribution >= 4 is 40.5 Å². The maximum Gasteiger partial charge on any atom is 0.352 e. The molecule has 2 aliphatic rings. The number of rotatable bonds is 5. The number of likely N-dealkylation sites (N-methyl/N-ethyl adjacent to an activating group) is 1. The van der Waals surface area contributed by atoms with Crippen LogP contribution in [-0.2, 0) is 11.3 Å². The lowest BCUT2D eigenvalue weighted by molar-refractivity contribution is 0.0532. The minimum Gasteiger partial charge on any atom is -0.462 e. The number of urea groups is 1. The second kappa shape index (κ2) is 9.40. The van der Waals surface area contributed by atoms with E-state index in [0.29, 0.717) is 22.2 Å². The van der Waals surface area contributed by atoms with Crippen LogP contribution in [0.2, 0.25) is 0 Å². The first-order chi connectivity index (χ1) is 16.5. The van der Waals surface area contributed by atoms with E-state index in [1.165, 1.54) is 16.2 Å². The number of esters is 1. The molecule has 3 aromatic rings. The van der Waals surface area contributed by atoms with Gasteiger partial charge in [0.2, 0.25) is 0 Å². The predicted molar refractivity (Wildman–Crippen MR) is 133 cm³/mol. The number of anilines is 3. The molecular formula is C24H26N6O3S. The third-order valence-electron chi connectivity index (χ3n) is 6.03. The molecule has 1 N–H and O–H groups in total. The molecule has 0 unspecified atom stereocenters. The zero-order valence-corrected chi connectivity index (χ0v) is 20.0. The first-order valence-corrected chi connectivity index (χ1v) is 12.1. The van der Waals surface area contributed by atoms with Crippen molar-refractivity contribution in [3.8, 4) is 10.6 Å². The summed E-state index contributed by atoms with van der Waals surface area (Å²) < 4.78 is 5.27. The lowest BCUT2D eigenvalue weighted by Gasteiger charge is -2.35. The molecule has 2 aliphatic heterocycles. The van der Waals surface area contributed by atoms with Gasteiger partial charge >= 0.3 is 12.0 Å². The van der Waals surface area contributed by atoms with E-state index in [0.717, 1.165) is 48.7 Å². The average molecular weight is 479 g/mol. The molecule has 1 saturated heterocycles. The summed E-state index contributed by atoms with van der Waals surface area (Å²) in [5.74, 6) is -0.177. The summed E-state index contributed by atoms with van der Waals surface area (Å²) in [7, 11) is 2.13. The SMILES string of the molecule is CCOC(=O)c1sc(-c2ccncc2)nc1N1Cc2cc(N3CCN(C)CC3)ccc2NC1=O. The Hall–Kier alpha value is -3.50. The van der Waals surface area contributed by atoms with Crippen LogP contribution in [0.1, 0.15) is 22.2 Å². The highest BCUT2D eigenvalue weighted by Crippen LogP contribution is 2.37. The molecule has 1 aromatic carbocycles. The lowest BCUT2D eigenvalue weighted by atomic mass is 10.1. The van der Waals surface area contributed by atoms with Gasteiger partial charge in [-0.25, -0.2) is 14.6 Å². The number of hydrogen-bond acceptors (Lipinski definition) is 8. The van der Waals surface area contributed by atoms with Crippen molar-refractivity contribution in [2.45, 2.75) is 13.5 Å². The van der Waals surface area contributed by atoms with Crippen LogP contribution in [0.25, 0.3) is 10.6 Å². The number of aromatic nitrogens is 2. The van der Waals surface area contributed by atoms with Crippen LogP contribution < -0.4 is 15.1 Å². The maximum atomic E-state index is 13.1. The minimum absolute atomic E-state index is 0.240. The third-order valence-corrected chi connectivity index (χ3v) is 7.10. The summed E-state index contributed by atoms with van der Waals surface area (Å²) in [6, 6.07) is 9.45. The molecular weight excluding hydrogens is 452 g/mol. The van der Waals surface area contributed by atoms with Gasteiger partial charge in [-0.3, -0.25) is 9.88 Å². The van der Waals surface area contributed by atoms with Crippen LogP contribution in [0.5, 0.6) is 0 Å². The van der Waals surface area contributed by atoms with Crippen molar-refractivity contribution in [2.24, 2.45) is 0 Å². The number of nitrogens with one attached hydrogen (secondary N) is 1. The van der Waals surface area contributed by atoms with Gasteiger partial charge in [-0.15, -0.1) is 11.3 Å². The van der Waals surface area contributed by atoms with Gasteiger partial charge in [-0.05, 0) is 49.9 Å². The number of carbonyl (C=O) groups excluding carboxylic acids is 2. The molecule has 4 heterocycles. The molecule has 0 radical (unpaired) electrons. The number of nitrogens with zero attached hydrogens (tertiary/aromatic N) is 5. The Morgan fingerprint density at radius 2 is 1.91 bits per heavy atom. The lowest BCUT2D eigenvalue weighted by Crippen LogP contribution is -2.44. The van der Waals surface area contributed by atoms with Crippen LogP contribution in [0.3, 0.4) is 0 Å². The summed E-state index contributed by atoms with van der Waals surface area (Å²) >= 11 is 1.22. The molecule has 2 aromatic heterocycles. The molecule has 0 bridgehead atoms. The fraction of sp³-hybridized carbons (Fsp3) is 0.333. The zero-order valence-electron chi connectivity index (χ0n) is 19.2. The smallest absolute Gasteiger partial charge is 0.352 e. The van der Waals surface area contributed by atoms with Crippen molar-refractivity contribution in [1.29, 1.82) is 0 Å². The highest BCUT2D eigenvalue weighted by Gasteiger charge is 2.32. The molecule has 5 rings (SSSR count). The topological polar surface area (TPSA) is 90.9 Å². The van der Waals surface area contributed by atoms with Crippen LogP contribution in [0.15, 0.2) is 42.7 Å². The van der Waals surface area contributed by atoms with E-state index in [4.69, 9.17) is 9.72 Å². The van der Waals surface area contributed by atoms with Crippen molar-refractivity contribution in [3.05, 3.63) is 53.2 Å². The van der Waals surface area contributed by atoms with Gasteiger partial charge in [0.25, 0.3) is 0 Å². The van der Waals surface area contributed by atoms with Gasteiger partial charge in [-0.1, -0.05) is 0 Å². The average Bonchev–Trinajstić information content (AvgIpc) is 3.30. The Morgan fingerprint density at radius 3 is 2.65 bits per heavy atom. The molecule has 0 spiro atoms. The number of ether oxygens (including phenoxy) is 1. The van der Waals surface area contributed by atoms with Crippen LogP contribution in [0, 0.1) is 0 Å². The monoisotopic (exact) mass is 478 g/mol. The Labute approximate surface area is 202 Å². The molecule has 0 saturated carbocycles. The fourth-order valence-electron chi connectivity index (χ4n) is 4.13. The van der Waals surface area contributed by atoms with E-state index in [1.54, 1.807) is 19.3 Å². The highest BCUT2D eigenvalue weighted by atomic mass is 32.1. The Kier molecular flexibility index (Phi) is 6.16. The summed E-state index contributed by atoms with van der Waals surface area (Å²) in [5, 5.41) is 3.59. The summed E-state index contributed by atoms with van der Waals surface area (Å²) in [4.78, 5) is 41.1. The first-order valence-electron chi connectivity index (χ1n) is 11.3. The number of hydrogen-bond donors (Lipinski definition) is 1. The van der Waals surface area contributed by atoms with E-state index < -0.39 is 5.97 Å². The van der Waals surface area contributed by atoms with Gasteiger partial charge in [0, 0.05) is 55.5 Å². The van der Waals surface area contributed by atoms with Gasteiger partial charge in [0.15, 0.2) is 10.7 Å². The second-order valence-corrected chi connectivity index (χ2v) is 9.28. The zero-order chi connectivity index (χ0) is 23.7. The molecule has 2 amide bonds. The number of piperazine rings is 1. The number of fused-ring (bicyclic) bond motifs is 1. The van der Waals surface area contributed by atoms with Crippen molar-refractivity contribution in [2.75, 3.05) is 55.0 Å². The van der Waals surface area contributed by atoms with Gasteiger partial charge < -0.3 is 19.9 Å². The molecule has 10 heteroatoms. The van der Waals surface area contributed by atoms with E-state index in [2.05, 4.69) is 39.3 Å². The largest absolute Gasteiger partial charge is 0.462 e. The van der Waals surface area contributed by atoms with E-state index in [9.17, 15) is 9.59 Å². The fourth-order valence-corrected chi connectivity index (χ4v) is 5.10.